The van der Waals surface area contributed by atoms with Crippen LogP contribution in [0.25, 0.3) is 16.2 Å². The normalized spacial score (nSPS) is 11.0. The molecule has 0 saturated carbocycles. The van der Waals surface area contributed by atoms with Crippen molar-refractivity contribution in [3.63, 3.8) is 0 Å². The average molecular weight is 332 g/mol. The Labute approximate surface area is 134 Å². The van der Waals surface area contributed by atoms with Gasteiger partial charge in [-0.25, -0.2) is 0 Å². The fraction of sp³-hybridized carbons (Fsp3) is 0.214. The van der Waals surface area contributed by atoms with Crippen LogP contribution in [0.3, 0.4) is 0 Å². The van der Waals surface area contributed by atoms with Gasteiger partial charge >= 0.3 is 5.56 Å². The summed E-state index contributed by atoms with van der Waals surface area (Å²) in [6.07, 6.45) is 0. The van der Waals surface area contributed by atoms with Crippen molar-refractivity contribution >= 4 is 33.8 Å². The van der Waals surface area contributed by atoms with Gasteiger partial charge < -0.3 is 0 Å². The van der Waals surface area contributed by atoms with E-state index >= 15 is 0 Å². The SMILES string of the molecule is CC(=O)CSc1nn2c(=O)c(-c3ccc(C)cc3)nnc2s1. The number of aryl methyl sites for hydroxylation is 1. The lowest BCUT2D eigenvalue weighted by Gasteiger charge is -1.99. The Morgan fingerprint density at radius 1 is 1.27 bits per heavy atom. The predicted molar refractivity (Wildman–Crippen MR) is 86.5 cm³/mol. The van der Waals surface area contributed by atoms with Gasteiger partial charge in [0.2, 0.25) is 4.96 Å². The highest BCUT2D eigenvalue weighted by molar-refractivity contribution is 8.01. The second kappa shape index (κ2) is 5.98. The van der Waals surface area contributed by atoms with Crippen LogP contribution in [0.1, 0.15) is 12.5 Å². The lowest BCUT2D eigenvalue weighted by atomic mass is 10.1. The summed E-state index contributed by atoms with van der Waals surface area (Å²) in [6, 6.07) is 7.51. The molecule has 0 spiro atoms. The maximum absolute atomic E-state index is 12.5. The maximum Gasteiger partial charge on any atom is 0.302 e. The largest absolute Gasteiger partial charge is 0.302 e. The summed E-state index contributed by atoms with van der Waals surface area (Å²) in [7, 11) is 0. The standard InChI is InChI=1S/C14H12N4O2S2/c1-8-3-5-10(6-4-8)11-12(20)18-13(16-15-11)22-14(17-18)21-7-9(2)19/h3-6H,7H2,1-2H3. The maximum atomic E-state index is 12.5. The van der Waals surface area contributed by atoms with E-state index in [-0.39, 0.29) is 17.0 Å². The number of nitrogens with zero attached hydrogens (tertiary/aromatic N) is 4. The molecule has 6 nitrogen and oxygen atoms in total. The van der Waals surface area contributed by atoms with E-state index in [4.69, 9.17) is 0 Å². The van der Waals surface area contributed by atoms with E-state index in [1.54, 1.807) is 0 Å². The van der Waals surface area contributed by atoms with E-state index in [2.05, 4.69) is 15.3 Å². The van der Waals surface area contributed by atoms with Crippen LogP contribution in [-0.4, -0.2) is 31.3 Å². The van der Waals surface area contributed by atoms with Crippen LogP contribution in [0.4, 0.5) is 0 Å². The molecular formula is C14H12N4O2S2. The van der Waals surface area contributed by atoms with Crippen molar-refractivity contribution < 1.29 is 4.79 Å². The third kappa shape index (κ3) is 2.93. The molecule has 0 unspecified atom stereocenters. The van der Waals surface area contributed by atoms with Crippen LogP contribution >= 0.6 is 23.1 Å². The molecule has 0 aliphatic heterocycles. The lowest BCUT2D eigenvalue weighted by molar-refractivity contribution is -0.114. The van der Waals surface area contributed by atoms with Gasteiger partial charge in [-0.3, -0.25) is 9.59 Å². The molecule has 0 radical (unpaired) electrons. The van der Waals surface area contributed by atoms with Gasteiger partial charge in [0.15, 0.2) is 10.0 Å². The molecule has 2 aromatic heterocycles. The Kier molecular flexibility index (Phi) is 4.04. The quantitative estimate of drug-likeness (QED) is 0.682. The predicted octanol–water partition coefficient (Wildman–Crippen LogP) is 2.20. The van der Waals surface area contributed by atoms with E-state index in [1.807, 2.05) is 31.2 Å². The Hall–Kier alpha value is -2.06. The summed E-state index contributed by atoms with van der Waals surface area (Å²) in [6.45, 7) is 3.49. The number of benzene rings is 1. The summed E-state index contributed by atoms with van der Waals surface area (Å²) in [5, 5.41) is 12.3. The Morgan fingerprint density at radius 2 is 2.00 bits per heavy atom. The number of Topliss-reactive ketones (excluding diaryl/α,β-unsaturated/α-hetero) is 1. The monoisotopic (exact) mass is 332 g/mol. The van der Waals surface area contributed by atoms with Crippen LogP contribution in [0.15, 0.2) is 33.4 Å². The summed E-state index contributed by atoms with van der Waals surface area (Å²) in [4.78, 5) is 23.9. The fourth-order valence-corrected chi connectivity index (χ4v) is 3.48. The molecule has 112 valence electrons. The first-order chi connectivity index (χ1) is 10.5. The Balaban J connectivity index is 2.03. The molecule has 0 amide bonds. The highest BCUT2D eigenvalue weighted by Crippen LogP contribution is 2.23. The van der Waals surface area contributed by atoms with Crippen LogP contribution in [0, 0.1) is 6.92 Å². The number of hydrogen-bond acceptors (Lipinski definition) is 7. The number of ketones is 1. The van der Waals surface area contributed by atoms with Crippen molar-refractivity contribution in [2.45, 2.75) is 18.2 Å². The molecule has 0 fully saturated rings. The van der Waals surface area contributed by atoms with Crippen LogP contribution in [-0.2, 0) is 4.79 Å². The molecule has 3 aromatic rings. The number of thioether (sulfide) groups is 1. The van der Waals surface area contributed by atoms with Crippen molar-refractivity contribution in [3.05, 3.63) is 40.2 Å². The van der Waals surface area contributed by atoms with Gasteiger partial charge in [0.1, 0.15) is 5.78 Å². The highest BCUT2D eigenvalue weighted by Gasteiger charge is 2.14. The smallest absolute Gasteiger partial charge is 0.299 e. The molecule has 0 aliphatic carbocycles. The molecule has 0 saturated heterocycles. The second-order valence-corrected chi connectivity index (χ2v) is 6.95. The second-order valence-electron chi connectivity index (χ2n) is 4.77. The van der Waals surface area contributed by atoms with Crippen molar-refractivity contribution in [2.24, 2.45) is 0 Å². The van der Waals surface area contributed by atoms with Gasteiger partial charge in [-0.1, -0.05) is 52.9 Å². The minimum absolute atomic E-state index is 0.0584. The molecule has 0 aliphatic rings. The topological polar surface area (TPSA) is 77.2 Å². The lowest BCUT2D eigenvalue weighted by Crippen LogP contribution is -2.19. The van der Waals surface area contributed by atoms with Crippen LogP contribution in [0.5, 0.6) is 0 Å². The summed E-state index contributed by atoms with van der Waals surface area (Å²) in [5.74, 6) is 0.385. The fourth-order valence-electron chi connectivity index (χ4n) is 1.81. The van der Waals surface area contributed by atoms with Gasteiger partial charge in [0.05, 0.1) is 5.75 Å². The van der Waals surface area contributed by atoms with Crippen molar-refractivity contribution in [1.82, 2.24) is 19.8 Å². The minimum atomic E-state index is -0.306. The first-order valence-electron chi connectivity index (χ1n) is 6.50. The third-order valence-electron chi connectivity index (χ3n) is 2.90. The minimum Gasteiger partial charge on any atom is -0.299 e. The number of carbonyl (C=O) groups excluding carboxylic acids is 1. The first-order valence-corrected chi connectivity index (χ1v) is 8.30. The summed E-state index contributed by atoms with van der Waals surface area (Å²) in [5.41, 5.74) is 1.78. The molecule has 0 N–H and O–H groups in total. The molecule has 0 atom stereocenters. The molecule has 0 bridgehead atoms. The van der Waals surface area contributed by atoms with Crippen molar-refractivity contribution in [3.8, 4) is 11.3 Å². The van der Waals surface area contributed by atoms with E-state index < -0.39 is 0 Å². The van der Waals surface area contributed by atoms with Crippen LogP contribution in [0.2, 0.25) is 0 Å². The highest BCUT2D eigenvalue weighted by atomic mass is 32.2. The zero-order valence-corrected chi connectivity index (χ0v) is 13.6. The first kappa shape index (κ1) is 14.9. The summed E-state index contributed by atoms with van der Waals surface area (Å²) >= 11 is 2.55. The number of aromatic nitrogens is 4. The number of fused-ring (bicyclic) bond motifs is 1. The van der Waals surface area contributed by atoms with Gasteiger partial charge in [-0.05, 0) is 13.8 Å². The summed E-state index contributed by atoms with van der Waals surface area (Å²) < 4.78 is 1.87. The number of carbonyl (C=O) groups is 1. The molecule has 3 rings (SSSR count). The van der Waals surface area contributed by atoms with E-state index in [9.17, 15) is 9.59 Å². The van der Waals surface area contributed by atoms with Crippen LogP contribution < -0.4 is 5.56 Å². The van der Waals surface area contributed by atoms with Gasteiger partial charge in [-0.2, -0.15) is 4.52 Å². The molecule has 1 aromatic carbocycles. The molecular weight excluding hydrogens is 320 g/mol. The molecule has 22 heavy (non-hydrogen) atoms. The van der Waals surface area contributed by atoms with E-state index in [0.717, 1.165) is 5.56 Å². The van der Waals surface area contributed by atoms with Crippen molar-refractivity contribution in [2.75, 3.05) is 5.75 Å². The zero-order chi connectivity index (χ0) is 15.7. The molecule has 2 heterocycles. The van der Waals surface area contributed by atoms with E-state index in [1.165, 1.54) is 34.5 Å². The Bertz CT molecular complexity index is 899. The third-order valence-corrected chi connectivity index (χ3v) is 5.07. The van der Waals surface area contributed by atoms with E-state index in [0.29, 0.717) is 20.6 Å². The molecule has 8 heteroatoms. The van der Waals surface area contributed by atoms with Gasteiger partial charge in [0, 0.05) is 5.56 Å². The zero-order valence-electron chi connectivity index (χ0n) is 11.9. The average Bonchev–Trinajstić information content (AvgIpc) is 2.91. The number of hydrogen-bond donors (Lipinski definition) is 0. The van der Waals surface area contributed by atoms with Crippen molar-refractivity contribution in [1.29, 1.82) is 0 Å². The Morgan fingerprint density at radius 3 is 2.68 bits per heavy atom. The van der Waals surface area contributed by atoms with Gasteiger partial charge in [0.25, 0.3) is 0 Å². The van der Waals surface area contributed by atoms with Gasteiger partial charge in [-0.15, -0.1) is 15.3 Å². The number of rotatable bonds is 4.